The Balaban J connectivity index is 2.06. The van der Waals surface area contributed by atoms with Crippen LogP contribution in [0.25, 0.3) is 11.1 Å². The summed E-state index contributed by atoms with van der Waals surface area (Å²) in [6, 6.07) is 6.04. The Morgan fingerprint density at radius 3 is 2.70 bits per heavy atom. The van der Waals surface area contributed by atoms with Crippen LogP contribution in [-0.2, 0) is 11.2 Å². The first-order valence-corrected chi connectivity index (χ1v) is 8.22. The Kier molecular flexibility index (Phi) is 4.26. The van der Waals surface area contributed by atoms with Gasteiger partial charge < -0.3 is 9.80 Å². The Bertz CT molecular complexity index is 756. The van der Waals surface area contributed by atoms with Gasteiger partial charge in [0.1, 0.15) is 0 Å². The Morgan fingerprint density at radius 1 is 1.26 bits per heavy atom. The third kappa shape index (κ3) is 2.68. The zero-order valence-corrected chi connectivity index (χ0v) is 14.4. The van der Waals surface area contributed by atoms with Gasteiger partial charge in [0.25, 0.3) is 0 Å². The number of anilines is 2. The lowest BCUT2D eigenvalue weighted by molar-refractivity contribution is -0.117. The number of rotatable bonds is 4. The lowest BCUT2D eigenvalue weighted by Crippen LogP contribution is -2.21. The largest absolute Gasteiger partial charge is 0.371 e. The highest BCUT2D eigenvalue weighted by molar-refractivity contribution is 6.35. The highest BCUT2D eigenvalue weighted by Crippen LogP contribution is 2.40. The van der Waals surface area contributed by atoms with Crippen LogP contribution in [0.1, 0.15) is 19.4 Å². The van der Waals surface area contributed by atoms with Crippen LogP contribution in [0.15, 0.2) is 30.6 Å². The third-order valence-corrected chi connectivity index (χ3v) is 4.88. The average molecular weight is 330 g/mol. The van der Waals surface area contributed by atoms with Crippen molar-refractivity contribution in [2.75, 3.05) is 29.9 Å². The van der Waals surface area contributed by atoms with E-state index in [0.717, 1.165) is 41.2 Å². The number of fused-ring (bicyclic) bond motifs is 1. The van der Waals surface area contributed by atoms with Gasteiger partial charge in [0, 0.05) is 48.7 Å². The van der Waals surface area contributed by atoms with Crippen LogP contribution in [0.3, 0.4) is 0 Å². The zero-order chi connectivity index (χ0) is 16.6. The molecule has 120 valence electrons. The molecule has 0 atom stereocenters. The molecular weight excluding hydrogens is 310 g/mol. The molecule has 23 heavy (non-hydrogen) atoms. The number of halogens is 1. The topological polar surface area (TPSA) is 36.4 Å². The molecule has 2 heterocycles. The molecule has 0 saturated heterocycles. The first-order valence-electron chi connectivity index (χ1n) is 7.85. The summed E-state index contributed by atoms with van der Waals surface area (Å²) in [5.41, 5.74) is 4.79. The second-order valence-corrected chi connectivity index (χ2v) is 6.04. The van der Waals surface area contributed by atoms with Gasteiger partial charge in [0.2, 0.25) is 5.91 Å². The van der Waals surface area contributed by atoms with Gasteiger partial charge in [-0.25, -0.2) is 0 Å². The number of hydrogen-bond donors (Lipinski definition) is 0. The predicted octanol–water partition coefficient (Wildman–Crippen LogP) is 3.77. The van der Waals surface area contributed by atoms with E-state index in [0.29, 0.717) is 11.4 Å². The molecule has 2 aromatic rings. The SMILES string of the molecule is CCN(CC)c1cncc(-c2ccc3c(c2Cl)CC(=O)N3C)c1. The summed E-state index contributed by atoms with van der Waals surface area (Å²) in [5, 5.41) is 0.652. The molecule has 0 bridgehead atoms. The molecular formula is C18H20ClN3O. The summed E-state index contributed by atoms with van der Waals surface area (Å²) in [5.74, 6) is 0.0778. The number of benzene rings is 1. The maximum absolute atomic E-state index is 11.9. The van der Waals surface area contributed by atoms with Crippen molar-refractivity contribution >= 4 is 28.9 Å². The number of hydrogen-bond acceptors (Lipinski definition) is 3. The maximum Gasteiger partial charge on any atom is 0.231 e. The first-order chi connectivity index (χ1) is 11.1. The van der Waals surface area contributed by atoms with E-state index in [-0.39, 0.29) is 5.91 Å². The van der Waals surface area contributed by atoms with E-state index in [1.165, 1.54) is 0 Å². The quantitative estimate of drug-likeness (QED) is 0.856. The van der Waals surface area contributed by atoms with Crippen molar-refractivity contribution in [2.45, 2.75) is 20.3 Å². The molecule has 0 aliphatic carbocycles. The number of nitrogens with zero attached hydrogens (tertiary/aromatic N) is 3. The number of carbonyl (C=O) groups is 1. The summed E-state index contributed by atoms with van der Waals surface area (Å²) < 4.78 is 0. The number of likely N-dealkylation sites (N-methyl/N-ethyl adjacent to an activating group) is 1. The Morgan fingerprint density at radius 2 is 2.00 bits per heavy atom. The van der Waals surface area contributed by atoms with Crippen LogP contribution < -0.4 is 9.80 Å². The van der Waals surface area contributed by atoms with Crippen LogP contribution in [0.2, 0.25) is 5.02 Å². The number of carbonyl (C=O) groups excluding carboxylic acids is 1. The molecule has 0 spiro atoms. The average Bonchev–Trinajstić information content (AvgIpc) is 2.85. The van der Waals surface area contributed by atoms with Gasteiger partial charge in [0.15, 0.2) is 0 Å². The van der Waals surface area contributed by atoms with Crippen molar-refractivity contribution in [1.29, 1.82) is 0 Å². The van der Waals surface area contributed by atoms with Crippen LogP contribution in [0.4, 0.5) is 11.4 Å². The van der Waals surface area contributed by atoms with Gasteiger partial charge in [-0.2, -0.15) is 0 Å². The van der Waals surface area contributed by atoms with Crippen molar-refractivity contribution in [3.05, 3.63) is 41.2 Å². The van der Waals surface area contributed by atoms with E-state index in [9.17, 15) is 4.79 Å². The molecule has 0 radical (unpaired) electrons. The molecule has 1 aliphatic heterocycles. The van der Waals surface area contributed by atoms with Gasteiger partial charge in [0.05, 0.1) is 23.3 Å². The summed E-state index contributed by atoms with van der Waals surface area (Å²) in [6.07, 6.45) is 4.05. The van der Waals surface area contributed by atoms with Crippen molar-refractivity contribution in [3.8, 4) is 11.1 Å². The predicted molar refractivity (Wildman–Crippen MR) is 95.4 cm³/mol. The zero-order valence-electron chi connectivity index (χ0n) is 13.6. The van der Waals surface area contributed by atoms with Gasteiger partial charge in [-0.1, -0.05) is 17.7 Å². The normalized spacial score (nSPS) is 13.4. The summed E-state index contributed by atoms with van der Waals surface area (Å²) in [6.45, 7) is 6.11. The minimum absolute atomic E-state index is 0.0778. The van der Waals surface area contributed by atoms with Crippen molar-refractivity contribution in [3.63, 3.8) is 0 Å². The molecule has 5 heteroatoms. The molecule has 1 amide bonds. The monoisotopic (exact) mass is 329 g/mol. The standard InChI is InChI=1S/C18H20ClN3O/c1-4-22(5-2)13-8-12(10-20-11-13)14-6-7-16-15(18(14)19)9-17(23)21(16)3/h6-8,10-11H,4-5,9H2,1-3H3. The van der Waals surface area contributed by atoms with Gasteiger partial charge in [-0.05, 0) is 26.0 Å². The number of aromatic nitrogens is 1. The summed E-state index contributed by atoms with van der Waals surface area (Å²) in [4.78, 5) is 20.2. The van der Waals surface area contributed by atoms with Gasteiger partial charge in [-0.3, -0.25) is 9.78 Å². The summed E-state index contributed by atoms with van der Waals surface area (Å²) >= 11 is 6.60. The number of pyridine rings is 1. The molecule has 0 unspecified atom stereocenters. The Hall–Kier alpha value is -2.07. The smallest absolute Gasteiger partial charge is 0.231 e. The maximum atomic E-state index is 11.9. The molecule has 0 N–H and O–H groups in total. The lowest BCUT2D eigenvalue weighted by atomic mass is 10.0. The summed E-state index contributed by atoms with van der Waals surface area (Å²) in [7, 11) is 1.78. The van der Waals surface area contributed by atoms with E-state index in [4.69, 9.17) is 11.6 Å². The van der Waals surface area contributed by atoms with Crippen molar-refractivity contribution in [2.24, 2.45) is 0 Å². The molecule has 1 aliphatic rings. The van der Waals surface area contributed by atoms with Crippen LogP contribution in [-0.4, -0.2) is 31.0 Å². The number of amides is 1. The fraction of sp³-hybridized carbons (Fsp3) is 0.333. The van der Waals surface area contributed by atoms with E-state index in [1.54, 1.807) is 11.9 Å². The van der Waals surface area contributed by atoms with Crippen LogP contribution in [0.5, 0.6) is 0 Å². The first kappa shape index (κ1) is 15.8. The van der Waals surface area contributed by atoms with E-state index in [2.05, 4.69) is 29.8 Å². The van der Waals surface area contributed by atoms with E-state index in [1.807, 2.05) is 24.5 Å². The van der Waals surface area contributed by atoms with Gasteiger partial charge in [-0.15, -0.1) is 0 Å². The molecule has 4 nitrogen and oxygen atoms in total. The molecule has 1 aromatic heterocycles. The lowest BCUT2D eigenvalue weighted by Gasteiger charge is -2.21. The fourth-order valence-electron chi connectivity index (χ4n) is 3.06. The minimum atomic E-state index is 0.0778. The van der Waals surface area contributed by atoms with Crippen molar-refractivity contribution in [1.82, 2.24) is 4.98 Å². The van der Waals surface area contributed by atoms with E-state index < -0.39 is 0 Å². The Labute approximate surface area is 141 Å². The third-order valence-electron chi connectivity index (χ3n) is 4.45. The van der Waals surface area contributed by atoms with E-state index >= 15 is 0 Å². The molecule has 3 rings (SSSR count). The second kappa shape index (κ2) is 6.20. The highest BCUT2D eigenvalue weighted by atomic mass is 35.5. The highest BCUT2D eigenvalue weighted by Gasteiger charge is 2.27. The van der Waals surface area contributed by atoms with Crippen LogP contribution >= 0.6 is 11.6 Å². The second-order valence-electron chi connectivity index (χ2n) is 5.66. The van der Waals surface area contributed by atoms with Crippen LogP contribution in [0, 0.1) is 0 Å². The molecule has 1 aromatic carbocycles. The molecule has 0 fully saturated rings. The molecule has 0 saturated carbocycles. The van der Waals surface area contributed by atoms with Crippen molar-refractivity contribution < 1.29 is 4.79 Å². The minimum Gasteiger partial charge on any atom is -0.371 e. The fourth-order valence-corrected chi connectivity index (χ4v) is 3.39. The van der Waals surface area contributed by atoms with Gasteiger partial charge >= 0.3 is 0 Å².